The van der Waals surface area contributed by atoms with Gasteiger partial charge >= 0.3 is 6.18 Å². The van der Waals surface area contributed by atoms with Crippen LogP contribution in [-0.2, 0) is 0 Å². The Morgan fingerprint density at radius 1 is 1.38 bits per heavy atom. The summed E-state index contributed by atoms with van der Waals surface area (Å²) < 4.78 is 37.0. The number of likely N-dealkylation sites (tertiary alicyclic amines) is 1. The number of amidine groups is 1. The minimum Gasteiger partial charge on any atom is -0.409 e. The van der Waals surface area contributed by atoms with E-state index in [1.165, 1.54) is 0 Å². The molecule has 0 spiro atoms. The Labute approximate surface area is 91.9 Å². The lowest BCUT2D eigenvalue weighted by Gasteiger charge is -2.32. The van der Waals surface area contributed by atoms with E-state index in [4.69, 9.17) is 10.9 Å². The second kappa shape index (κ2) is 5.38. The molecule has 3 N–H and O–H groups in total. The standard InChI is InChI=1S/C9H16F3N3O/c10-9(11,12)7-1-4-15(5-2-7)6-3-8(13)14-16/h7,16H,1-6H2,(H2,13,14). The van der Waals surface area contributed by atoms with Crippen molar-refractivity contribution in [1.82, 2.24) is 4.90 Å². The van der Waals surface area contributed by atoms with Crippen molar-refractivity contribution in [2.24, 2.45) is 16.8 Å². The first-order valence-electron chi connectivity index (χ1n) is 5.19. The molecule has 0 aliphatic carbocycles. The van der Waals surface area contributed by atoms with E-state index in [9.17, 15) is 13.2 Å². The zero-order valence-electron chi connectivity index (χ0n) is 8.87. The molecule has 1 aliphatic heterocycles. The highest BCUT2D eigenvalue weighted by Gasteiger charge is 2.40. The third-order valence-corrected chi connectivity index (χ3v) is 2.86. The summed E-state index contributed by atoms with van der Waals surface area (Å²) in [5, 5.41) is 11.1. The van der Waals surface area contributed by atoms with Gasteiger partial charge in [0.1, 0.15) is 5.84 Å². The summed E-state index contributed by atoms with van der Waals surface area (Å²) in [6.07, 6.45) is -3.41. The van der Waals surface area contributed by atoms with E-state index >= 15 is 0 Å². The van der Waals surface area contributed by atoms with Crippen molar-refractivity contribution < 1.29 is 18.4 Å². The lowest BCUT2D eigenvalue weighted by atomic mass is 9.96. The van der Waals surface area contributed by atoms with Crippen molar-refractivity contribution in [1.29, 1.82) is 0 Å². The topological polar surface area (TPSA) is 61.8 Å². The summed E-state index contributed by atoms with van der Waals surface area (Å²) in [4.78, 5) is 1.90. The molecule has 1 fully saturated rings. The van der Waals surface area contributed by atoms with Gasteiger partial charge in [-0.1, -0.05) is 5.16 Å². The summed E-state index contributed by atoms with van der Waals surface area (Å²) in [7, 11) is 0. The van der Waals surface area contributed by atoms with Gasteiger partial charge in [0.15, 0.2) is 0 Å². The Kier molecular flexibility index (Phi) is 4.40. The molecule has 1 heterocycles. The van der Waals surface area contributed by atoms with Crippen LogP contribution in [0.15, 0.2) is 5.16 Å². The van der Waals surface area contributed by atoms with E-state index in [1.807, 2.05) is 4.90 Å². The third-order valence-electron chi connectivity index (χ3n) is 2.86. The van der Waals surface area contributed by atoms with Crippen LogP contribution in [0.2, 0.25) is 0 Å². The zero-order valence-corrected chi connectivity index (χ0v) is 8.87. The SMILES string of the molecule is NC(CCN1CCC(C(F)(F)F)CC1)=NO. The summed E-state index contributed by atoms with van der Waals surface area (Å²) in [6, 6.07) is 0. The summed E-state index contributed by atoms with van der Waals surface area (Å²) >= 11 is 0. The molecule has 16 heavy (non-hydrogen) atoms. The van der Waals surface area contributed by atoms with E-state index < -0.39 is 12.1 Å². The number of piperidine rings is 1. The first-order chi connectivity index (χ1) is 7.43. The molecular weight excluding hydrogens is 223 g/mol. The van der Waals surface area contributed by atoms with Crippen molar-refractivity contribution in [2.75, 3.05) is 19.6 Å². The molecule has 0 atom stereocenters. The highest BCUT2D eigenvalue weighted by atomic mass is 19.4. The molecule has 1 saturated heterocycles. The Morgan fingerprint density at radius 2 is 1.94 bits per heavy atom. The fraction of sp³-hybridized carbons (Fsp3) is 0.889. The van der Waals surface area contributed by atoms with Gasteiger partial charge in [0.25, 0.3) is 0 Å². The third kappa shape index (κ3) is 3.88. The normalized spacial score (nSPS) is 21.3. The maximum absolute atomic E-state index is 12.3. The molecule has 0 aromatic carbocycles. The smallest absolute Gasteiger partial charge is 0.391 e. The number of alkyl halides is 3. The second-order valence-electron chi connectivity index (χ2n) is 4.00. The monoisotopic (exact) mass is 239 g/mol. The van der Waals surface area contributed by atoms with Crippen molar-refractivity contribution in [3.8, 4) is 0 Å². The second-order valence-corrected chi connectivity index (χ2v) is 4.00. The Bertz CT molecular complexity index is 247. The van der Waals surface area contributed by atoms with Crippen LogP contribution < -0.4 is 5.73 Å². The Hall–Kier alpha value is -0.980. The van der Waals surface area contributed by atoms with E-state index in [0.29, 0.717) is 26.1 Å². The molecule has 0 aromatic rings. The summed E-state index contributed by atoms with van der Waals surface area (Å²) in [5.41, 5.74) is 5.28. The number of nitrogens with zero attached hydrogens (tertiary/aromatic N) is 2. The van der Waals surface area contributed by atoms with Crippen molar-refractivity contribution in [3.05, 3.63) is 0 Å². The van der Waals surface area contributed by atoms with Gasteiger partial charge < -0.3 is 15.8 Å². The van der Waals surface area contributed by atoms with Crippen LogP contribution in [-0.4, -0.2) is 41.8 Å². The van der Waals surface area contributed by atoms with Gasteiger partial charge in [-0.2, -0.15) is 13.2 Å². The van der Waals surface area contributed by atoms with Crippen molar-refractivity contribution in [3.63, 3.8) is 0 Å². The van der Waals surface area contributed by atoms with Gasteiger partial charge in [-0.05, 0) is 25.9 Å². The lowest BCUT2D eigenvalue weighted by Crippen LogP contribution is -2.40. The molecule has 0 amide bonds. The number of hydrogen-bond acceptors (Lipinski definition) is 3. The largest absolute Gasteiger partial charge is 0.409 e. The first kappa shape index (κ1) is 13.1. The van der Waals surface area contributed by atoms with Gasteiger partial charge in [0, 0.05) is 13.0 Å². The fourth-order valence-electron chi connectivity index (χ4n) is 1.81. The fourth-order valence-corrected chi connectivity index (χ4v) is 1.81. The number of hydrogen-bond donors (Lipinski definition) is 2. The quantitative estimate of drug-likeness (QED) is 0.338. The minimum atomic E-state index is -4.07. The van der Waals surface area contributed by atoms with Crippen LogP contribution in [0.1, 0.15) is 19.3 Å². The molecule has 1 rings (SSSR count). The highest BCUT2D eigenvalue weighted by molar-refractivity contribution is 5.79. The van der Waals surface area contributed by atoms with Gasteiger partial charge in [0.05, 0.1) is 5.92 Å². The summed E-state index contributed by atoms with van der Waals surface area (Å²) in [6.45, 7) is 1.38. The first-order valence-corrected chi connectivity index (χ1v) is 5.19. The highest BCUT2D eigenvalue weighted by Crippen LogP contribution is 2.33. The predicted molar refractivity (Wildman–Crippen MR) is 53.2 cm³/mol. The van der Waals surface area contributed by atoms with Crippen LogP contribution in [0.25, 0.3) is 0 Å². The number of halogens is 3. The average molecular weight is 239 g/mol. The molecule has 4 nitrogen and oxygen atoms in total. The molecule has 7 heteroatoms. The number of nitrogens with two attached hydrogens (primary N) is 1. The summed E-state index contributed by atoms with van der Waals surface area (Å²) in [5.74, 6) is -1.06. The lowest BCUT2D eigenvalue weighted by molar-refractivity contribution is -0.184. The molecule has 0 bridgehead atoms. The maximum atomic E-state index is 12.3. The van der Waals surface area contributed by atoms with Gasteiger partial charge in [-0.15, -0.1) is 0 Å². The Morgan fingerprint density at radius 3 is 2.38 bits per heavy atom. The average Bonchev–Trinajstić information content (AvgIpc) is 2.25. The van der Waals surface area contributed by atoms with Gasteiger partial charge in [0.2, 0.25) is 0 Å². The van der Waals surface area contributed by atoms with E-state index in [2.05, 4.69) is 5.16 Å². The van der Waals surface area contributed by atoms with Gasteiger partial charge in [-0.25, -0.2) is 0 Å². The predicted octanol–water partition coefficient (Wildman–Crippen LogP) is 1.40. The van der Waals surface area contributed by atoms with E-state index in [0.717, 1.165) is 0 Å². The Balaban J connectivity index is 2.27. The van der Waals surface area contributed by atoms with Crippen LogP contribution in [0.4, 0.5) is 13.2 Å². The molecule has 0 aromatic heterocycles. The molecule has 0 unspecified atom stereocenters. The minimum absolute atomic E-state index is 0.109. The zero-order chi connectivity index (χ0) is 12.2. The van der Waals surface area contributed by atoms with Crippen molar-refractivity contribution in [2.45, 2.75) is 25.4 Å². The molecule has 0 radical (unpaired) electrons. The van der Waals surface area contributed by atoms with Crippen LogP contribution >= 0.6 is 0 Å². The molecule has 1 aliphatic rings. The van der Waals surface area contributed by atoms with E-state index in [-0.39, 0.29) is 18.7 Å². The van der Waals surface area contributed by atoms with Crippen molar-refractivity contribution >= 4 is 5.84 Å². The number of oxime groups is 1. The maximum Gasteiger partial charge on any atom is 0.391 e. The van der Waals surface area contributed by atoms with E-state index in [1.54, 1.807) is 0 Å². The molecule has 94 valence electrons. The number of rotatable bonds is 3. The molecule has 0 saturated carbocycles. The van der Waals surface area contributed by atoms with Crippen LogP contribution in [0.3, 0.4) is 0 Å². The van der Waals surface area contributed by atoms with Crippen LogP contribution in [0, 0.1) is 5.92 Å². The van der Waals surface area contributed by atoms with Crippen LogP contribution in [0.5, 0.6) is 0 Å². The molecular formula is C9H16F3N3O. The van der Waals surface area contributed by atoms with Gasteiger partial charge in [-0.3, -0.25) is 0 Å².